The van der Waals surface area contributed by atoms with Crippen LogP contribution in [0.1, 0.15) is 12.5 Å². The van der Waals surface area contributed by atoms with Crippen molar-refractivity contribution in [3.05, 3.63) is 54.1 Å². The Morgan fingerprint density at radius 3 is 2.08 bits per heavy atom. The Bertz CT molecular complexity index is 729. The summed E-state index contributed by atoms with van der Waals surface area (Å²) >= 11 is 0. The van der Waals surface area contributed by atoms with E-state index < -0.39 is 6.09 Å². The number of hydrogen-bond donors (Lipinski definition) is 2. The molecule has 2 N–H and O–H groups in total. The van der Waals surface area contributed by atoms with Crippen molar-refractivity contribution in [3.8, 4) is 5.75 Å². The molecule has 0 heterocycles. The smallest absolute Gasteiger partial charge is 0.411 e. The van der Waals surface area contributed by atoms with Gasteiger partial charge in [0, 0.05) is 25.0 Å². The summed E-state index contributed by atoms with van der Waals surface area (Å²) in [4.78, 5) is 25.0. The van der Waals surface area contributed by atoms with Crippen LogP contribution in [0.4, 0.5) is 21.0 Å². The minimum atomic E-state index is -0.545. The number of ether oxygens (including phenoxy) is 2. The number of methoxy groups -OCH3 is 1. The quantitative estimate of drug-likeness (QED) is 0.821. The van der Waals surface area contributed by atoms with Crippen molar-refractivity contribution in [1.29, 1.82) is 0 Å². The number of hydrogen-bond acceptors (Lipinski definition) is 4. The van der Waals surface area contributed by atoms with Crippen LogP contribution >= 0.6 is 0 Å². The van der Waals surface area contributed by atoms with Gasteiger partial charge in [-0.2, -0.15) is 0 Å². The van der Waals surface area contributed by atoms with Crippen LogP contribution in [0.3, 0.4) is 0 Å². The van der Waals surface area contributed by atoms with Crippen LogP contribution in [0.5, 0.6) is 5.75 Å². The zero-order valence-electron chi connectivity index (χ0n) is 15.1. The number of nitrogens with zero attached hydrogens (tertiary/aromatic N) is 1. The van der Waals surface area contributed by atoms with Crippen molar-refractivity contribution in [2.24, 2.45) is 0 Å². The number of carbonyl (C=O) groups excluding carboxylic acids is 2. The van der Waals surface area contributed by atoms with E-state index in [0.717, 1.165) is 11.3 Å². The third kappa shape index (κ3) is 5.70. The van der Waals surface area contributed by atoms with Gasteiger partial charge in [-0.15, -0.1) is 0 Å². The molecule has 2 aromatic carbocycles. The molecule has 0 aromatic heterocycles. The van der Waals surface area contributed by atoms with Crippen molar-refractivity contribution in [3.63, 3.8) is 0 Å². The second-order valence-corrected chi connectivity index (χ2v) is 5.56. The highest BCUT2D eigenvalue weighted by molar-refractivity contribution is 5.90. The molecule has 0 spiro atoms. The largest absolute Gasteiger partial charge is 0.494 e. The SMILES string of the molecule is CCOc1ccc(CN(C)C(=O)Nc2ccc(NC(=O)OC)cc2)cc1. The number of urea groups is 1. The number of carbonyl (C=O) groups is 2. The molecule has 0 atom stereocenters. The lowest BCUT2D eigenvalue weighted by atomic mass is 10.2. The van der Waals surface area contributed by atoms with Crippen LogP contribution in [-0.4, -0.2) is 37.8 Å². The molecule has 138 valence electrons. The third-order valence-electron chi connectivity index (χ3n) is 3.57. The zero-order valence-corrected chi connectivity index (χ0v) is 15.1. The maximum Gasteiger partial charge on any atom is 0.411 e. The van der Waals surface area contributed by atoms with Gasteiger partial charge in [-0.25, -0.2) is 9.59 Å². The Hall–Kier alpha value is -3.22. The molecule has 0 aliphatic heterocycles. The molecule has 26 heavy (non-hydrogen) atoms. The molecular formula is C19H23N3O4. The maximum atomic E-state index is 12.3. The molecular weight excluding hydrogens is 334 g/mol. The van der Waals surface area contributed by atoms with Crippen LogP contribution in [-0.2, 0) is 11.3 Å². The standard InChI is InChI=1S/C19H23N3O4/c1-4-26-17-11-5-14(6-12-17)13-22(2)18(23)20-15-7-9-16(10-8-15)21-19(24)25-3/h5-12H,4,13H2,1-3H3,(H,20,23)(H,21,24). The lowest BCUT2D eigenvalue weighted by molar-refractivity contribution is 0.187. The normalized spacial score (nSPS) is 9.96. The molecule has 3 amide bonds. The summed E-state index contributed by atoms with van der Waals surface area (Å²) in [6.07, 6.45) is -0.545. The molecule has 2 rings (SSSR count). The molecule has 0 aliphatic carbocycles. The summed E-state index contributed by atoms with van der Waals surface area (Å²) in [6.45, 7) is 3.03. The van der Waals surface area contributed by atoms with Gasteiger partial charge in [0.25, 0.3) is 0 Å². The molecule has 0 unspecified atom stereocenters. The second kappa shape index (κ2) is 9.31. The van der Waals surface area contributed by atoms with Gasteiger partial charge in [-0.1, -0.05) is 12.1 Å². The first-order valence-electron chi connectivity index (χ1n) is 8.20. The third-order valence-corrected chi connectivity index (χ3v) is 3.57. The van der Waals surface area contributed by atoms with Crippen molar-refractivity contribution in [2.45, 2.75) is 13.5 Å². The summed E-state index contributed by atoms with van der Waals surface area (Å²) in [6, 6.07) is 14.2. The van der Waals surface area contributed by atoms with Crippen LogP contribution in [0.2, 0.25) is 0 Å². The fourth-order valence-electron chi connectivity index (χ4n) is 2.23. The Balaban J connectivity index is 1.88. The zero-order chi connectivity index (χ0) is 18.9. The Morgan fingerprint density at radius 2 is 1.54 bits per heavy atom. The van der Waals surface area contributed by atoms with Gasteiger partial charge >= 0.3 is 12.1 Å². The summed E-state index contributed by atoms with van der Waals surface area (Å²) in [7, 11) is 3.02. The number of anilines is 2. The number of nitrogens with one attached hydrogen (secondary N) is 2. The van der Waals surface area contributed by atoms with Crippen LogP contribution in [0, 0.1) is 0 Å². The molecule has 0 aliphatic rings. The van der Waals surface area contributed by atoms with E-state index in [2.05, 4.69) is 15.4 Å². The van der Waals surface area contributed by atoms with E-state index >= 15 is 0 Å². The first-order valence-corrected chi connectivity index (χ1v) is 8.20. The predicted octanol–water partition coefficient (Wildman–Crippen LogP) is 3.93. The Kier molecular flexibility index (Phi) is 6.84. The first kappa shape index (κ1) is 19.1. The van der Waals surface area contributed by atoms with E-state index in [1.54, 1.807) is 36.2 Å². The van der Waals surface area contributed by atoms with E-state index in [-0.39, 0.29) is 6.03 Å². The average molecular weight is 357 g/mol. The fraction of sp³-hybridized carbons (Fsp3) is 0.263. The summed E-state index contributed by atoms with van der Waals surface area (Å²) in [5, 5.41) is 5.35. The Labute approximate surface area is 152 Å². The van der Waals surface area contributed by atoms with Crippen LogP contribution in [0.25, 0.3) is 0 Å². The maximum absolute atomic E-state index is 12.3. The molecule has 0 saturated heterocycles. The average Bonchev–Trinajstić information content (AvgIpc) is 2.65. The number of rotatable bonds is 6. The summed E-state index contributed by atoms with van der Waals surface area (Å²) < 4.78 is 9.93. The lowest BCUT2D eigenvalue weighted by Crippen LogP contribution is -2.30. The van der Waals surface area contributed by atoms with Crippen LogP contribution < -0.4 is 15.4 Å². The van der Waals surface area contributed by atoms with Gasteiger partial charge in [0.2, 0.25) is 0 Å². The highest BCUT2D eigenvalue weighted by Crippen LogP contribution is 2.16. The molecule has 7 nitrogen and oxygen atoms in total. The highest BCUT2D eigenvalue weighted by Gasteiger charge is 2.10. The molecule has 0 bridgehead atoms. The number of benzene rings is 2. The van der Waals surface area contributed by atoms with Crippen molar-refractivity contribution >= 4 is 23.5 Å². The van der Waals surface area contributed by atoms with Gasteiger partial charge in [-0.05, 0) is 48.9 Å². The van der Waals surface area contributed by atoms with Crippen molar-refractivity contribution < 1.29 is 19.1 Å². The Morgan fingerprint density at radius 1 is 0.962 bits per heavy atom. The van der Waals surface area contributed by atoms with E-state index in [9.17, 15) is 9.59 Å². The molecule has 0 fully saturated rings. The first-order chi connectivity index (χ1) is 12.5. The minimum Gasteiger partial charge on any atom is -0.494 e. The monoisotopic (exact) mass is 357 g/mol. The molecule has 0 radical (unpaired) electrons. The van der Waals surface area contributed by atoms with Crippen molar-refractivity contribution in [2.75, 3.05) is 31.4 Å². The molecule has 2 aromatic rings. The summed E-state index contributed by atoms with van der Waals surface area (Å²) in [5.41, 5.74) is 2.21. The predicted molar refractivity (Wildman–Crippen MR) is 101 cm³/mol. The minimum absolute atomic E-state index is 0.229. The molecule has 0 saturated carbocycles. The van der Waals surface area contributed by atoms with Gasteiger partial charge in [-0.3, -0.25) is 5.32 Å². The van der Waals surface area contributed by atoms with Gasteiger partial charge in [0.15, 0.2) is 0 Å². The fourth-order valence-corrected chi connectivity index (χ4v) is 2.23. The topological polar surface area (TPSA) is 79.9 Å². The lowest BCUT2D eigenvalue weighted by Gasteiger charge is -2.18. The second-order valence-electron chi connectivity index (χ2n) is 5.56. The van der Waals surface area contributed by atoms with E-state index in [1.807, 2.05) is 31.2 Å². The van der Waals surface area contributed by atoms with Gasteiger partial charge in [0.05, 0.1) is 13.7 Å². The van der Waals surface area contributed by atoms with E-state index in [0.29, 0.717) is 24.5 Å². The van der Waals surface area contributed by atoms with Crippen LogP contribution in [0.15, 0.2) is 48.5 Å². The number of amides is 3. The molecule has 7 heteroatoms. The highest BCUT2D eigenvalue weighted by atomic mass is 16.5. The van der Waals surface area contributed by atoms with E-state index in [4.69, 9.17) is 4.74 Å². The van der Waals surface area contributed by atoms with E-state index in [1.165, 1.54) is 7.11 Å². The van der Waals surface area contributed by atoms with Gasteiger partial charge < -0.3 is 19.7 Å². The van der Waals surface area contributed by atoms with Gasteiger partial charge in [0.1, 0.15) is 5.75 Å². The summed E-state index contributed by atoms with van der Waals surface area (Å²) in [5.74, 6) is 0.809. The van der Waals surface area contributed by atoms with Crippen molar-refractivity contribution in [1.82, 2.24) is 4.90 Å².